The van der Waals surface area contributed by atoms with E-state index in [1.54, 1.807) is 39.0 Å². The SMILES string of the molecule is CC(C)(C)OC(=O)NOCC(CN)c1ccccc1F. The number of hydroxylamine groups is 1. The standard InChI is InChI=1S/C14H21FN2O3/c1-14(2,3)20-13(18)17-19-9-10(8-16)11-6-4-5-7-12(11)15/h4-7,10H,8-9,16H2,1-3H3,(H,17,18). The Balaban J connectivity index is 2.47. The fraction of sp³-hybridized carbons (Fsp3) is 0.500. The van der Waals surface area contributed by atoms with Crippen LogP contribution in [-0.4, -0.2) is 24.8 Å². The fourth-order valence-corrected chi connectivity index (χ4v) is 1.59. The summed E-state index contributed by atoms with van der Waals surface area (Å²) in [6, 6.07) is 6.33. The van der Waals surface area contributed by atoms with Crippen molar-refractivity contribution in [1.82, 2.24) is 5.48 Å². The lowest BCUT2D eigenvalue weighted by Crippen LogP contribution is -2.34. The van der Waals surface area contributed by atoms with Gasteiger partial charge in [-0.2, -0.15) is 5.48 Å². The van der Waals surface area contributed by atoms with Gasteiger partial charge in [0.15, 0.2) is 0 Å². The van der Waals surface area contributed by atoms with Crippen molar-refractivity contribution < 1.29 is 18.8 Å². The second-order valence-electron chi connectivity index (χ2n) is 5.37. The van der Waals surface area contributed by atoms with E-state index in [0.717, 1.165) is 0 Å². The summed E-state index contributed by atoms with van der Waals surface area (Å²) in [4.78, 5) is 16.4. The lowest BCUT2D eigenvalue weighted by atomic mass is 10.00. The van der Waals surface area contributed by atoms with E-state index in [1.165, 1.54) is 6.07 Å². The zero-order chi connectivity index (χ0) is 15.2. The van der Waals surface area contributed by atoms with Crippen molar-refractivity contribution in [3.8, 4) is 0 Å². The van der Waals surface area contributed by atoms with Crippen molar-refractivity contribution in [2.75, 3.05) is 13.2 Å². The van der Waals surface area contributed by atoms with Crippen LogP contribution in [0.25, 0.3) is 0 Å². The van der Waals surface area contributed by atoms with Gasteiger partial charge in [-0.05, 0) is 32.4 Å². The highest BCUT2D eigenvalue weighted by Gasteiger charge is 2.18. The summed E-state index contributed by atoms with van der Waals surface area (Å²) < 4.78 is 18.6. The smallest absolute Gasteiger partial charge is 0.431 e. The number of carbonyl (C=O) groups is 1. The highest BCUT2D eigenvalue weighted by Crippen LogP contribution is 2.18. The van der Waals surface area contributed by atoms with Crippen LogP contribution >= 0.6 is 0 Å². The summed E-state index contributed by atoms with van der Waals surface area (Å²) in [6.07, 6.45) is -0.693. The van der Waals surface area contributed by atoms with Crippen molar-refractivity contribution in [2.45, 2.75) is 32.3 Å². The Bertz CT molecular complexity index is 446. The van der Waals surface area contributed by atoms with E-state index in [4.69, 9.17) is 15.3 Å². The van der Waals surface area contributed by atoms with Crippen molar-refractivity contribution in [2.24, 2.45) is 5.73 Å². The molecule has 6 heteroatoms. The molecule has 0 bridgehead atoms. The quantitative estimate of drug-likeness (QED) is 0.814. The molecule has 1 rings (SSSR count). The Morgan fingerprint density at radius 1 is 1.40 bits per heavy atom. The molecule has 20 heavy (non-hydrogen) atoms. The van der Waals surface area contributed by atoms with E-state index >= 15 is 0 Å². The first kappa shape index (κ1) is 16.4. The highest BCUT2D eigenvalue weighted by molar-refractivity contribution is 5.66. The summed E-state index contributed by atoms with van der Waals surface area (Å²) >= 11 is 0. The minimum Gasteiger partial charge on any atom is -0.442 e. The van der Waals surface area contributed by atoms with Crippen LogP contribution in [0, 0.1) is 5.82 Å². The number of nitrogens with two attached hydrogens (primary N) is 1. The van der Waals surface area contributed by atoms with Crippen molar-refractivity contribution in [3.05, 3.63) is 35.6 Å². The van der Waals surface area contributed by atoms with Gasteiger partial charge in [0, 0.05) is 12.5 Å². The van der Waals surface area contributed by atoms with Gasteiger partial charge in [0.25, 0.3) is 0 Å². The van der Waals surface area contributed by atoms with Gasteiger partial charge in [0.1, 0.15) is 11.4 Å². The molecule has 0 aliphatic heterocycles. The lowest BCUT2D eigenvalue weighted by molar-refractivity contribution is -0.0113. The monoisotopic (exact) mass is 284 g/mol. The Labute approximate surface area is 118 Å². The number of amides is 1. The maximum Gasteiger partial charge on any atom is 0.431 e. The van der Waals surface area contributed by atoms with Crippen LogP contribution in [-0.2, 0) is 9.57 Å². The predicted octanol–water partition coefficient (Wildman–Crippen LogP) is 2.32. The number of benzene rings is 1. The van der Waals surface area contributed by atoms with Gasteiger partial charge in [-0.1, -0.05) is 18.2 Å². The van der Waals surface area contributed by atoms with Gasteiger partial charge >= 0.3 is 6.09 Å². The summed E-state index contributed by atoms with van der Waals surface area (Å²) in [5.74, 6) is -0.685. The van der Waals surface area contributed by atoms with Gasteiger partial charge in [-0.15, -0.1) is 0 Å². The number of carbonyl (C=O) groups excluding carboxylic acids is 1. The molecule has 5 nitrogen and oxygen atoms in total. The third-order valence-electron chi connectivity index (χ3n) is 2.47. The van der Waals surface area contributed by atoms with Gasteiger partial charge in [-0.25, -0.2) is 9.18 Å². The molecular weight excluding hydrogens is 263 g/mol. The van der Waals surface area contributed by atoms with Crippen molar-refractivity contribution in [1.29, 1.82) is 0 Å². The molecule has 0 aromatic heterocycles. The highest BCUT2D eigenvalue weighted by atomic mass is 19.1. The zero-order valence-corrected chi connectivity index (χ0v) is 12.0. The topological polar surface area (TPSA) is 73.6 Å². The van der Waals surface area contributed by atoms with Crippen LogP contribution in [0.3, 0.4) is 0 Å². The molecule has 1 atom stereocenters. The second-order valence-corrected chi connectivity index (χ2v) is 5.37. The maximum atomic E-state index is 13.6. The Hall–Kier alpha value is -1.66. The normalized spacial score (nSPS) is 12.8. The van der Waals surface area contributed by atoms with E-state index in [0.29, 0.717) is 5.56 Å². The number of rotatable bonds is 5. The molecule has 0 fully saturated rings. The lowest BCUT2D eigenvalue weighted by Gasteiger charge is -2.20. The molecule has 0 heterocycles. The average Bonchev–Trinajstić information content (AvgIpc) is 2.34. The molecule has 3 N–H and O–H groups in total. The first-order valence-electron chi connectivity index (χ1n) is 6.38. The third kappa shape index (κ3) is 5.54. The molecule has 0 saturated carbocycles. The Kier molecular flexibility index (Phi) is 5.91. The third-order valence-corrected chi connectivity index (χ3v) is 2.47. The minimum atomic E-state index is -0.693. The second kappa shape index (κ2) is 7.21. The summed E-state index contributed by atoms with van der Waals surface area (Å²) in [6.45, 7) is 5.51. The molecule has 1 unspecified atom stereocenters. The van der Waals surface area contributed by atoms with E-state index in [1.807, 2.05) is 0 Å². The van der Waals surface area contributed by atoms with Crippen LogP contribution in [0.4, 0.5) is 9.18 Å². The van der Waals surface area contributed by atoms with Gasteiger partial charge in [0.2, 0.25) is 0 Å². The minimum absolute atomic E-state index is 0.0661. The molecule has 112 valence electrons. The summed E-state index contributed by atoms with van der Waals surface area (Å²) in [5.41, 5.74) is 7.61. The van der Waals surface area contributed by atoms with Gasteiger partial charge in [0.05, 0.1) is 6.61 Å². The van der Waals surface area contributed by atoms with Crippen LogP contribution in [0.15, 0.2) is 24.3 Å². The first-order chi connectivity index (χ1) is 9.33. The van der Waals surface area contributed by atoms with Crippen molar-refractivity contribution in [3.63, 3.8) is 0 Å². The number of halogens is 1. The zero-order valence-electron chi connectivity index (χ0n) is 12.0. The Morgan fingerprint density at radius 3 is 2.60 bits per heavy atom. The van der Waals surface area contributed by atoms with Crippen LogP contribution in [0.2, 0.25) is 0 Å². The predicted molar refractivity (Wildman–Crippen MR) is 73.5 cm³/mol. The average molecular weight is 284 g/mol. The maximum absolute atomic E-state index is 13.6. The molecule has 1 aromatic rings. The molecule has 1 amide bonds. The molecule has 0 spiro atoms. The number of hydrogen-bond acceptors (Lipinski definition) is 4. The molecule has 0 radical (unpaired) electrons. The Morgan fingerprint density at radius 2 is 2.05 bits per heavy atom. The largest absolute Gasteiger partial charge is 0.442 e. The van der Waals surface area contributed by atoms with Crippen LogP contribution in [0.1, 0.15) is 32.3 Å². The van der Waals surface area contributed by atoms with Gasteiger partial charge < -0.3 is 10.5 Å². The fourth-order valence-electron chi connectivity index (χ4n) is 1.59. The van der Waals surface area contributed by atoms with Crippen molar-refractivity contribution >= 4 is 6.09 Å². The summed E-state index contributed by atoms with van der Waals surface area (Å²) in [7, 11) is 0. The van der Waals surface area contributed by atoms with E-state index in [-0.39, 0.29) is 24.9 Å². The molecule has 0 aliphatic rings. The summed E-state index contributed by atoms with van der Waals surface area (Å²) in [5, 5.41) is 0. The molecule has 0 saturated heterocycles. The van der Waals surface area contributed by atoms with Crippen LogP contribution < -0.4 is 11.2 Å². The number of ether oxygens (including phenoxy) is 1. The molecule has 1 aromatic carbocycles. The van der Waals surface area contributed by atoms with Gasteiger partial charge in [-0.3, -0.25) is 4.84 Å². The van der Waals surface area contributed by atoms with E-state index in [9.17, 15) is 9.18 Å². The first-order valence-corrected chi connectivity index (χ1v) is 6.38. The number of hydrogen-bond donors (Lipinski definition) is 2. The molecular formula is C14H21FN2O3. The molecule has 0 aliphatic carbocycles. The van der Waals surface area contributed by atoms with E-state index in [2.05, 4.69) is 5.48 Å². The van der Waals surface area contributed by atoms with Crippen LogP contribution in [0.5, 0.6) is 0 Å². The number of nitrogens with one attached hydrogen (secondary N) is 1. The van der Waals surface area contributed by atoms with E-state index < -0.39 is 11.7 Å².